The van der Waals surface area contributed by atoms with E-state index in [9.17, 15) is 5.26 Å². The zero-order valence-corrected chi connectivity index (χ0v) is 22.9. The molecule has 0 bridgehead atoms. The normalized spacial score (nSPS) is 18.9. The molecule has 0 spiro atoms. The summed E-state index contributed by atoms with van der Waals surface area (Å²) in [6.07, 6.45) is 9.86. The summed E-state index contributed by atoms with van der Waals surface area (Å²) in [6, 6.07) is 42.5. The maximum Gasteiger partial charge on any atom is 0.0991 e. The van der Waals surface area contributed by atoms with Crippen LogP contribution in [0, 0.1) is 18.3 Å². The predicted molar refractivity (Wildman–Crippen MR) is 168 cm³/mol. The first kappa shape index (κ1) is 23.7. The first-order chi connectivity index (χ1) is 20.2. The van der Waals surface area contributed by atoms with Gasteiger partial charge in [-0.15, -0.1) is 0 Å². The standard InChI is InChI=1S/C39H28N2/c1-26-15-18-28(19-16-26)39(35-13-7-5-11-31(35)33-23-27(25-40)17-21-36(33)39)29-20-22-38-34(24-29)32-12-6-8-14-37(32)41(38)30-9-3-2-4-10-30/h2-9,11-24,30H,10H2,1H3. The van der Waals surface area contributed by atoms with E-state index in [4.69, 9.17) is 0 Å². The van der Waals surface area contributed by atoms with Crippen LogP contribution < -0.4 is 0 Å². The molecule has 41 heavy (non-hydrogen) atoms. The Morgan fingerprint density at radius 2 is 1.46 bits per heavy atom. The van der Waals surface area contributed by atoms with Crippen LogP contribution in [0.15, 0.2) is 133 Å². The van der Waals surface area contributed by atoms with Gasteiger partial charge in [-0.1, -0.05) is 109 Å². The van der Waals surface area contributed by atoms with Crippen LogP contribution >= 0.6 is 0 Å². The molecule has 8 rings (SSSR count). The second kappa shape index (κ2) is 8.95. The molecular formula is C39H28N2. The van der Waals surface area contributed by atoms with E-state index in [1.54, 1.807) is 0 Å². The van der Waals surface area contributed by atoms with Gasteiger partial charge in [-0.25, -0.2) is 0 Å². The number of aryl methyl sites for hydroxylation is 1. The fraction of sp³-hybridized carbons (Fsp3) is 0.103. The molecular weight excluding hydrogens is 496 g/mol. The maximum atomic E-state index is 9.78. The third-order valence-electron chi connectivity index (χ3n) is 9.09. The van der Waals surface area contributed by atoms with E-state index in [1.165, 1.54) is 55.2 Å². The second-order valence-corrected chi connectivity index (χ2v) is 11.3. The lowest BCUT2D eigenvalue weighted by atomic mass is 9.67. The van der Waals surface area contributed by atoms with Crippen LogP contribution in [0.4, 0.5) is 0 Å². The zero-order chi connectivity index (χ0) is 27.6. The average molecular weight is 525 g/mol. The van der Waals surface area contributed by atoms with Crippen molar-refractivity contribution in [2.24, 2.45) is 0 Å². The lowest BCUT2D eigenvalue weighted by Crippen LogP contribution is -2.28. The van der Waals surface area contributed by atoms with Crippen LogP contribution in [0.5, 0.6) is 0 Å². The Balaban J connectivity index is 1.48. The first-order valence-corrected chi connectivity index (χ1v) is 14.3. The third kappa shape index (κ3) is 3.30. The quantitative estimate of drug-likeness (QED) is 0.226. The summed E-state index contributed by atoms with van der Waals surface area (Å²) in [6.45, 7) is 2.14. The number of allylic oxidation sites excluding steroid dienone is 4. The highest BCUT2D eigenvalue weighted by Gasteiger charge is 2.46. The number of nitrogens with zero attached hydrogens (tertiary/aromatic N) is 2. The van der Waals surface area contributed by atoms with Crippen molar-refractivity contribution < 1.29 is 0 Å². The Morgan fingerprint density at radius 1 is 0.707 bits per heavy atom. The molecule has 1 heterocycles. The van der Waals surface area contributed by atoms with Gasteiger partial charge in [-0.05, 0) is 77.1 Å². The van der Waals surface area contributed by atoms with Crippen molar-refractivity contribution in [2.45, 2.75) is 24.8 Å². The zero-order valence-electron chi connectivity index (χ0n) is 22.9. The topological polar surface area (TPSA) is 28.7 Å². The number of benzene rings is 5. The van der Waals surface area contributed by atoms with Gasteiger partial charge in [0.1, 0.15) is 0 Å². The first-order valence-electron chi connectivity index (χ1n) is 14.3. The van der Waals surface area contributed by atoms with Gasteiger partial charge in [-0.2, -0.15) is 5.26 Å². The summed E-state index contributed by atoms with van der Waals surface area (Å²) >= 11 is 0. The molecule has 5 aromatic carbocycles. The van der Waals surface area contributed by atoms with Crippen LogP contribution in [0.25, 0.3) is 32.9 Å². The fourth-order valence-corrected chi connectivity index (χ4v) is 7.30. The van der Waals surface area contributed by atoms with Gasteiger partial charge in [0, 0.05) is 21.8 Å². The molecule has 6 aromatic rings. The third-order valence-corrected chi connectivity index (χ3v) is 9.09. The van der Waals surface area contributed by atoms with Crippen molar-refractivity contribution in [1.29, 1.82) is 5.26 Å². The molecule has 0 fully saturated rings. The van der Waals surface area contributed by atoms with E-state index in [1.807, 2.05) is 6.07 Å². The van der Waals surface area contributed by atoms with Crippen LogP contribution in [0.3, 0.4) is 0 Å². The summed E-state index contributed by atoms with van der Waals surface area (Å²) in [5, 5.41) is 12.3. The van der Waals surface area contributed by atoms with E-state index in [0.29, 0.717) is 5.56 Å². The minimum Gasteiger partial charge on any atom is -0.333 e. The Labute approximate surface area is 240 Å². The molecule has 0 saturated heterocycles. The van der Waals surface area contributed by atoms with Crippen molar-refractivity contribution in [2.75, 3.05) is 0 Å². The van der Waals surface area contributed by atoms with Crippen LogP contribution in [-0.2, 0) is 5.41 Å². The van der Waals surface area contributed by atoms with Crippen LogP contribution in [-0.4, -0.2) is 4.57 Å². The monoisotopic (exact) mass is 524 g/mol. The molecule has 194 valence electrons. The van der Waals surface area contributed by atoms with Gasteiger partial charge in [0.05, 0.1) is 23.1 Å². The highest BCUT2D eigenvalue weighted by atomic mass is 15.0. The SMILES string of the molecule is Cc1ccc(C2(c3ccc4c(c3)c3ccccc3n4C3C=CC=CC3)c3ccccc3-c3cc(C#N)ccc32)cc1. The highest BCUT2D eigenvalue weighted by molar-refractivity contribution is 6.09. The Hall–Kier alpha value is -5.13. The largest absolute Gasteiger partial charge is 0.333 e. The van der Waals surface area contributed by atoms with Gasteiger partial charge in [0.25, 0.3) is 0 Å². The molecule has 2 aliphatic carbocycles. The van der Waals surface area contributed by atoms with Crippen LogP contribution in [0.1, 0.15) is 45.8 Å². The van der Waals surface area contributed by atoms with E-state index >= 15 is 0 Å². The fourth-order valence-electron chi connectivity index (χ4n) is 7.30. The van der Waals surface area contributed by atoms with Gasteiger partial charge in [0.2, 0.25) is 0 Å². The van der Waals surface area contributed by atoms with E-state index < -0.39 is 5.41 Å². The van der Waals surface area contributed by atoms with E-state index in [2.05, 4.69) is 145 Å². The molecule has 2 unspecified atom stereocenters. The minimum absolute atomic E-state index is 0.289. The van der Waals surface area contributed by atoms with E-state index in [0.717, 1.165) is 12.0 Å². The maximum absolute atomic E-state index is 9.78. The van der Waals surface area contributed by atoms with Gasteiger partial charge < -0.3 is 4.57 Å². The summed E-state index contributed by atoms with van der Waals surface area (Å²) in [5.41, 5.74) is 11.2. The smallest absolute Gasteiger partial charge is 0.0991 e. The molecule has 0 N–H and O–H groups in total. The van der Waals surface area contributed by atoms with Crippen molar-refractivity contribution >= 4 is 21.8 Å². The lowest BCUT2D eigenvalue weighted by molar-refractivity contribution is 0.648. The predicted octanol–water partition coefficient (Wildman–Crippen LogP) is 9.39. The molecule has 0 radical (unpaired) electrons. The van der Waals surface area contributed by atoms with E-state index in [-0.39, 0.29) is 6.04 Å². The molecule has 2 aliphatic rings. The molecule has 2 atom stereocenters. The molecule has 2 nitrogen and oxygen atoms in total. The summed E-state index contributed by atoms with van der Waals surface area (Å²) in [7, 11) is 0. The number of fused-ring (bicyclic) bond motifs is 6. The summed E-state index contributed by atoms with van der Waals surface area (Å²) in [4.78, 5) is 0. The summed E-state index contributed by atoms with van der Waals surface area (Å²) < 4.78 is 2.50. The number of para-hydroxylation sites is 1. The van der Waals surface area contributed by atoms with Crippen molar-refractivity contribution in [3.63, 3.8) is 0 Å². The number of rotatable bonds is 3. The molecule has 0 saturated carbocycles. The lowest BCUT2D eigenvalue weighted by Gasteiger charge is -2.34. The second-order valence-electron chi connectivity index (χ2n) is 11.3. The highest BCUT2D eigenvalue weighted by Crippen LogP contribution is 2.56. The van der Waals surface area contributed by atoms with Gasteiger partial charge in [-0.3, -0.25) is 0 Å². The van der Waals surface area contributed by atoms with Crippen LogP contribution in [0.2, 0.25) is 0 Å². The number of hydrogen-bond acceptors (Lipinski definition) is 1. The average Bonchev–Trinajstić information content (AvgIpc) is 3.52. The van der Waals surface area contributed by atoms with Crippen molar-refractivity contribution in [3.05, 3.63) is 167 Å². The van der Waals surface area contributed by atoms with Gasteiger partial charge in [0.15, 0.2) is 0 Å². The summed E-state index contributed by atoms with van der Waals surface area (Å²) in [5.74, 6) is 0. The molecule has 0 aliphatic heterocycles. The van der Waals surface area contributed by atoms with Crippen molar-refractivity contribution in [3.8, 4) is 17.2 Å². The number of aromatic nitrogens is 1. The molecule has 0 amide bonds. The minimum atomic E-state index is -0.502. The molecule has 1 aromatic heterocycles. The van der Waals surface area contributed by atoms with Crippen molar-refractivity contribution in [1.82, 2.24) is 4.57 Å². The molecule has 2 heteroatoms. The van der Waals surface area contributed by atoms with Gasteiger partial charge >= 0.3 is 0 Å². The Bertz CT molecular complexity index is 2100. The Morgan fingerprint density at radius 3 is 2.29 bits per heavy atom. The number of hydrogen-bond donors (Lipinski definition) is 0. The Kier molecular flexibility index (Phi) is 5.18. The number of nitriles is 1.